The quantitative estimate of drug-likeness (QED) is 0.288. The Balaban J connectivity index is 1.07. The third-order valence-corrected chi connectivity index (χ3v) is 5.92. The fourth-order valence-corrected chi connectivity index (χ4v) is 4.29. The molecule has 0 radical (unpaired) electrons. The van der Waals surface area contributed by atoms with Crippen molar-refractivity contribution in [3.05, 3.63) is 0 Å². The van der Waals surface area contributed by atoms with Crippen LogP contribution in [0, 0.1) is 17.8 Å². The third kappa shape index (κ3) is 5.01. The molecule has 0 aromatic carbocycles. The summed E-state index contributed by atoms with van der Waals surface area (Å²) in [6.07, 6.45) is 4.81. The zero-order valence-electron chi connectivity index (χ0n) is 13.4. The van der Waals surface area contributed by atoms with E-state index in [0.29, 0.717) is 38.6 Å². The lowest BCUT2D eigenvalue weighted by Crippen LogP contribution is -2.46. The largest absolute Gasteiger partial charge is 0.381 e. The Morgan fingerprint density at radius 1 is 0.955 bits per heavy atom. The van der Waals surface area contributed by atoms with Gasteiger partial charge in [0.15, 0.2) is 0 Å². The zero-order valence-corrected chi connectivity index (χ0v) is 15.6. The highest BCUT2D eigenvalue weighted by molar-refractivity contribution is 14.1. The van der Waals surface area contributed by atoms with Crippen molar-refractivity contribution in [2.45, 2.75) is 31.5 Å². The first-order valence-corrected chi connectivity index (χ1v) is 9.43. The monoisotopic (exact) mass is 425 g/mol. The minimum atomic E-state index is 0.410. The first kappa shape index (κ1) is 17.4. The summed E-state index contributed by atoms with van der Waals surface area (Å²) in [7, 11) is 1.82. The molecule has 22 heavy (non-hydrogen) atoms. The first-order valence-electron chi connectivity index (χ1n) is 8.47. The highest BCUT2D eigenvalue weighted by atomic mass is 127. The second kappa shape index (κ2) is 8.58. The van der Waals surface area contributed by atoms with Gasteiger partial charge in [-0.05, 0) is 37.0 Å². The van der Waals surface area contributed by atoms with Gasteiger partial charge >= 0.3 is 0 Å². The van der Waals surface area contributed by atoms with Crippen LogP contribution in [0.2, 0.25) is 0 Å². The zero-order chi connectivity index (χ0) is 15.4. The predicted octanol–water partition coefficient (Wildman–Crippen LogP) is 2.13. The smallest absolute Gasteiger partial charge is 0.0846 e. The SMILES string of the molecule is COC1CC(C2CC2COCCOCCOC2CN(I)C2)C1. The maximum Gasteiger partial charge on any atom is 0.0846 e. The molecular formula is C16H28INO4. The second-order valence-corrected chi connectivity index (χ2v) is 8.12. The minimum Gasteiger partial charge on any atom is -0.381 e. The lowest BCUT2D eigenvalue weighted by atomic mass is 9.78. The average molecular weight is 425 g/mol. The molecule has 128 valence electrons. The molecule has 0 bridgehead atoms. The van der Waals surface area contributed by atoms with Gasteiger partial charge in [-0.15, -0.1) is 0 Å². The minimum absolute atomic E-state index is 0.410. The van der Waals surface area contributed by atoms with Crippen molar-refractivity contribution in [3.63, 3.8) is 0 Å². The molecule has 5 nitrogen and oxygen atoms in total. The molecule has 2 aliphatic carbocycles. The van der Waals surface area contributed by atoms with Crippen molar-refractivity contribution in [3.8, 4) is 0 Å². The lowest BCUT2D eigenvalue weighted by Gasteiger charge is -2.34. The van der Waals surface area contributed by atoms with Gasteiger partial charge in [0.1, 0.15) is 0 Å². The Kier molecular flexibility index (Phi) is 6.77. The summed E-state index contributed by atoms with van der Waals surface area (Å²) < 4.78 is 24.5. The standard InChI is InChI=1S/C16H28INO4/c1-19-14-6-12(7-14)16-8-13(16)11-21-3-2-20-4-5-22-15-9-18(17)10-15/h12-16H,2-11H2,1H3. The molecule has 2 saturated carbocycles. The van der Waals surface area contributed by atoms with Crippen molar-refractivity contribution in [2.75, 3.05) is 53.2 Å². The number of methoxy groups -OCH3 is 1. The Labute approximate surface area is 147 Å². The highest BCUT2D eigenvalue weighted by Crippen LogP contribution is 2.52. The average Bonchev–Trinajstić information content (AvgIpc) is 3.17. The van der Waals surface area contributed by atoms with Gasteiger partial charge < -0.3 is 18.9 Å². The first-order chi connectivity index (χ1) is 10.8. The van der Waals surface area contributed by atoms with Crippen molar-refractivity contribution in [2.24, 2.45) is 17.8 Å². The van der Waals surface area contributed by atoms with Gasteiger partial charge in [0.05, 0.1) is 38.6 Å². The summed E-state index contributed by atoms with van der Waals surface area (Å²) in [5.41, 5.74) is 0. The van der Waals surface area contributed by atoms with Crippen LogP contribution in [-0.2, 0) is 18.9 Å². The van der Waals surface area contributed by atoms with Crippen molar-refractivity contribution in [1.29, 1.82) is 0 Å². The van der Waals surface area contributed by atoms with Crippen molar-refractivity contribution < 1.29 is 18.9 Å². The summed E-state index contributed by atoms with van der Waals surface area (Å²) in [5, 5.41) is 0. The van der Waals surface area contributed by atoms with Crippen LogP contribution in [0.15, 0.2) is 0 Å². The van der Waals surface area contributed by atoms with E-state index in [0.717, 1.165) is 37.5 Å². The van der Waals surface area contributed by atoms with Gasteiger partial charge in [0.25, 0.3) is 0 Å². The number of hydrogen-bond donors (Lipinski definition) is 0. The molecule has 1 aliphatic heterocycles. The number of hydrogen-bond acceptors (Lipinski definition) is 5. The number of halogens is 1. The molecule has 2 unspecified atom stereocenters. The summed E-state index contributed by atoms with van der Waals surface area (Å²) in [5.74, 6) is 2.60. The third-order valence-electron chi connectivity index (χ3n) is 5.14. The molecule has 2 atom stereocenters. The summed E-state index contributed by atoms with van der Waals surface area (Å²) in [6.45, 7) is 5.75. The van der Waals surface area contributed by atoms with Crippen molar-refractivity contribution in [1.82, 2.24) is 3.11 Å². The highest BCUT2D eigenvalue weighted by Gasteiger charge is 2.47. The van der Waals surface area contributed by atoms with Gasteiger partial charge in [0.2, 0.25) is 0 Å². The van der Waals surface area contributed by atoms with Crippen LogP contribution in [0.5, 0.6) is 0 Å². The van der Waals surface area contributed by atoms with Gasteiger partial charge in [-0.2, -0.15) is 0 Å². The van der Waals surface area contributed by atoms with Gasteiger partial charge in [-0.3, -0.25) is 0 Å². The fourth-order valence-electron chi connectivity index (χ4n) is 3.41. The normalized spacial score (nSPS) is 35.2. The Morgan fingerprint density at radius 3 is 2.41 bits per heavy atom. The molecule has 3 fully saturated rings. The summed E-state index contributed by atoms with van der Waals surface area (Å²) in [6, 6.07) is 0. The van der Waals surface area contributed by atoms with E-state index in [4.69, 9.17) is 18.9 Å². The molecule has 1 saturated heterocycles. The topological polar surface area (TPSA) is 40.2 Å². The van der Waals surface area contributed by atoms with E-state index in [1.807, 2.05) is 7.11 Å². The lowest BCUT2D eigenvalue weighted by molar-refractivity contribution is -0.0440. The number of ether oxygens (including phenoxy) is 4. The van der Waals surface area contributed by atoms with Crippen LogP contribution in [0.3, 0.4) is 0 Å². The maximum absolute atomic E-state index is 5.73. The Bertz CT molecular complexity index is 334. The Hall–Kier alpha value is 0.530. The molecule has 0 aromatic heterocycles. The Morgan fingerprint density at radius 2 is 1.68 bits per heavy atom. The van der Waals surface area contributed by atoms with Crippen LogP contribution in [0.25, 0.3) is 0 Å². The molecule has 1 heterocycles. The van der Waals surface area contributed by atoms with Crippen LogP contribution in [0.1, 0.15) is 19.3 Å². The molecule has 0 spiro atoms. The number of rotatable bonds is 11. The van der Waals surface area contributed by atoms with Gasteiger partial charge in [-0.25, -0.2) is 3.11 Å². The van der Waals surface area contributed by atoms with E-state index >= 15 is 0 Å². The predicted molar refractivity (Wildman–Crippen MR) is 92.1 cm³/mol. The van der Waals surface area contributed by atoms with Gasteiger partial charge in [0, 0.05) is 49.7 Å². The fraction of sp³-hybridized carbons (Fsp3) is 1.00. The van der Waals surface area contributed by atoms with E-state index in [2.05, 4.69) is 26.0 Å². The summed E-state index contributed by atoms with van der Waals surface area (Å²) >= 11 is 2.32. The van der Waals surface area contributed by atoms with Crippen LogP contribution >= 0.6 is 22.9 Å². The molecule has 0 aromatic rings. The van der Waals surface area contributed by atoms with E-state index in [1.165, 1.54) is 19.3 Å². The van der Waals surface area contributed by atoms with Crippen molar-refractivity contribution >= 4 is 22.9 Å². The number of nitrogens with zero attached hydrogens (tertiary/aromatic N) is 1. The van der Waals surface area contributed by atoms with E-state index < -0.39 is 0 Å². The van der Waals surface area contributed by atoms with E-state index in [1.54, 1.807) is 0 Å². The molecule has 0 amide bonds. The van der Waals surface area contributed by atoms with Crippen LogP contribution in [-0.4, -0.2) is 68.6 Å². The maximum atomic E-state index is 5.73. The molecule has 3 rings (SSSR count). The summed E-state index contributed by atoms with van der Waals surface area (Å²) in [4.78, 5) is 0. The van der Waals surface area contributed by atoms with E-state index in [-0.39, 0.29) is 0 Å². The molecule has 6 heteroatoms. The van der Waals surface area contributed by atoms with Gasteiger partial charge in [-0.1, -0.05) is 0 Å². The molecule has 3 aliphatic rings. The van der Waals surface area contributed by atoms with Crippen LogP contribution < -0.4 is 0 Å². The second-order valence-electron chi connectivity index (χ2n) is 6.76. The van der Waals surface area contributed by atoms with Crippen LogP contribution in [0.4, 0.5) is 0 Å². The van der Waals surface area contributed by atoms with E-state index in [9.17, 15) is 0 Å². The molecule has 0 N–H and O–H groups in total. The molecular weight excluding hydrogens is 397 g/mol.